The molecule has 0 radical (unpaired) electrons. The zero-order chi connectivity index (χ0) is 16.5. The molecule has 134 valence electrons. The monoisotopic (exact) mass is 462 g/mol. The number of hydrogen-bond acceptors (Lipinski definition) is 4. The molecule has 2 aromatic heterocycles. The van der Waals surface area contributed by atoms with Crippen LogP contribution in [0.2, 0.25) is 0 Å². The molecule has 2 rings (SSSR count). The summed E-state index contributed by atoms with van der Waals surface area (Å²) in [5, 5.41) is 8.84. The highest BCUT2D eigenvalue weighted by Crippen LogP contribution is 2.20. The van der Waals surface area contributed by atoms with E-state index in [0.717, 1.165) is 37.9 Å². The number of guanidine groups is 1. The standard InChI is InChI=1S/C17H26N4OS.HI/c1-4-21(5-2)15(16-9-6-10-22-16)13-20-17(18-3)19-12-14-8-7-11-23-14;/h6-11,15H,4-5,12-13H2,1-3H3,(H2,18,19,20);1H. The topological polar surface area (TPSA) is 52.8 Å². The number of aliphatic imine (C=N–C) groups is 1. The van der Waals surface area contributed by atoms with E-state index in [4.69, 9.17) is 4.42 Å². The summed E-state index contributed by atoms with van der Waals surface area (Å²) in [7, 11) is 1.79. The summed E-state index contributed by atoms with van der Waals surface area (Å²) in [6.07, 6.45) is 1.73. The van der Waals surface area contributed by atoms with Crippen LogP contribution in [0.4, 0.5) is 0 Å². The first-order chi connectivity index (χ1) is 11.3. The average Bonchev–Trinajstić information content (AvgIpc) is 3.27. The summed E-state index contributed by atoms with van der Waals surface area (Å²) in [4.78, 5) is 7.97. The van der Waals surface area contributed by atoms with E-state index in [0.29, 0.717) is 0 Å². The number of hydrogen-bond donors (Lipinski definition) is 2. The zero-order valence-electron chi connectivity index (χ0n) is 14.5. The Labute approximate surface area is 165 Å². The highest BCUT2D eigenvalue weighted by molar-refractivity contribution is 14.0. The maximum atomic E-state index is 5.62. The van der Waals surface area contributed by atoms with Crippen LogP contribution in [-0.4, -0.2) is 37.5 Å². The van der Waals surface area contributed by atoms with Gasteiger partial charge in [-0.25, -0.2) is 0 Å². The van der Waals surface area contributed by atoms with Gasteiger partial charge in [0.2, 0.25) is 0 Å². The van der Waals surface area contributed by atoms with E-state index in [1.807, 2.05) is 12.1 Å². The Hall–Kier alpha value is -1.06. The molecule has 1 atom stereocenters. The van der Waals surface area contributed by atoms with E-state index < -0.39 is 0 Å². The van der Waals surface area contributed by atoms with E-state index in [9.17, 15) is 0 Å². The summed E-state index contributed by atoms with van der Waals surface area (Å²) in [5.41, 5.74) is 0. The molecule has 2 heterocycles. The molecule has 0 spiro atoms. The predicted molar refractivity (Wildman–Crippen MR) is 112 cm³/mol. The summed E-state index contributed by atoms with van der Waals surface area (Å²) < 4.78 is 5.62. The van der Waals surface area contributed by atoms with Gasteiger partial charge < -0.3 is 15.1 Å². The molecule has 0 aromatic carbocycles. The average molecular weight is 462 g/mol. The predicted octanol–water partition coefficient (Wildman–Crippen LogP) is 3.71. The Bertz CT molecular complexity index is 567. The molecule has 0 bridgehead atoms. The highest BCUT2D eigenvalue weighted by Gasteiger charge is 2.20. The summed E-state index contributed by atoms with van der Waals surface area (Å²) >= 11 is 1.74. The quantitative estimate of drug-likeness (QED) is 0.357. The van der Waals surface area contributed by atoms with Crippen LogP contribution in [-0.2, 0) is 6.54 Å². The van der Waals surface area contributed by atoms with Gasteiger partial charge >= 0.3 is 0 Å². The van der Waals surface area contributed by atoms with E-state index in [2.05, 4.69) is 51.9 Å². The van der Waals surface area contributed by atoms with Gasteiger partial charge in [0.1, 0.15) is 5.76 Å². The van der Waals surface area contributed by atoms with Crippen molar-refractivity contribution in [1.82, 2.24) is 15.5 Å². The fourth-order valence-electron chi connectivity index (χ4n) is 2.55. The van der Waals surface area contributed by atoms with Crippen LogP contribution >= 0.6 is 35.3 Å². The highest BCUT2D eigenvalue weighted by atomic mass is 127. The molecular weight excluding hydrogens is 435 g/mol. The minimum atomic E-state index is 0. The van der Waals surface area contributed by atoms with E-state index in [1.165, 1.54) is 4.88 Å². The number of halogens is 1. The lowest BCUT2D eigenvalue weighted by molar-refractivity contribution is 0.193. The minimum Gasteiger partial charge on any atom is -0.468 e. The second-order valence-corrected chi connectivity index (χ2v) is 6.17. The molecule has 2 aromatic rings. The maximum Gasteiger partial charge on any atom is 0.191 e. The first-order valence-electron chi connectivity index (χ1n) is 8.02. The Morgan fingerprint density at radius 1 is 1.25 bits per heavy atom. The lowest BCUT2D eigenvalue weighted by Gasteiger charge is -2.28. The molecule has 24 heavy (non-hydrogen) atoms. The summed E-state index contributed by atoms with van der Waals surface area (Å²) in [5.74, 6) is 1.79. The molecule has 2 N–H and O–H groups in total. The third kappa shape index (κ3) is 6.10. The normalized spacial score (nSPS) is 12.8. The first kappa shape index (κ1) is 21.0. The number of nitrogens with one attached hydrogen (secondary N) is 2. The number of nitrogens with zero attached hydrogens (tertiary/aromatic N) is 2. The van der Waals surface area contributed by atoms with E-state index >= 15 is 0 Å². The smallest absolute Gasteiger partial charge is 0.191 e. The van der Waals surface area contributed by atoms with Crippen LogP contribution in [0.25, 0.3) is 0 Å². The van der Waals surface area contributed by atoms with Crippen LogP contribution in [0, 0.1) is 0 Å². The molecule has 0 amide bonds. The van der Waals surface area contributed by atoms with Crippen LogP contribution in [0.15, 0.2) is 45.3 Å². The fourth-order valence-corrected chi connectivity index (χ4v) is 3.20. The van der Waals surface area contributed by atoms with E-state index in [1.54, 1.807) is 24.6 Å². The molecule has 0 saturated heterocycles. The van der Waals surface area contributed by atoms with Crippen molar-refractivity contribution in [2.45, 2.75) is 26.4 Å². The largest absolute Gasteiger partial charge is 0.468 e. The third-order valence-electron chi connectivity index (χ3n) is 3.82. The van der Waals surface area contributed by atoms with Gasteiger partial charge in [-0.05, 0) is 36.7 Å². The van der Waals surface area contributed by atoms with Gasteiger partial charge in [-0.1, -0.05) is 19.9 Å². The van der Waals surface area contributed by atoms with Crippen LogP contribution in [0.1, 0.15) is 30.5 Å². The van der Waals surface area contributed by atoms with Crippen molar-refractivity contribution in [3.63, 3.8) is 0 Å². The zero-order valence-corrected chi connectivity index (χ0v) is 17.6. The van der Waals surface area contributed by atoms with Gasteiger partial charge in [0.05, 0.1) is 18.8 Å². The van der Waals surface area contributed by atoms with Crippen molar-refractivity contribution < 1.29 is 4.42 Å². The Morgan fingerprint density at radius 2 is 2.04 bits per heavy atom. The maximum absolute atomic E-state index is 5.62. The van der Waals surface area contributed by atoms with Gasteiger partial charge in [0, 0.05) is 18.5 Å². The second kappa shape index (κ2) is 11.5. The van der Waals surface area contributed by atoms with Crippen molar-refractivity contribution in [1.29, 1.82) is 0 Å². The van der Waals surface area contributed by atoms with Crippen molar-refractivity contribution >= 4 is 41.3 Å². The van der Waals surface area contributed by atoms with Crippen LogP contribution < -0.4 is 10.6 Å². The number of furan rings is 1. The lowest BCUT2D eigenvalue weighted by atomic mass is 10.2. The SMILES string of the molecule is CCN(CC)C(CNC(=NC)NCc1cccs1)c1ccco1.I. The third-order valence-corrected chi connectivity index (χ3v) is 4.70. The minimum absolute atomic E-state index is 0. The van der Waals surface area contributed by atoms with Crippen LogP contribution in [0.5, 0.6) is 0 Å². The molecule has 7 heteroatoms. The van der Waals surface area contributed by atoms with Crippen molar-refractivity contribution in [2.75, 3.05) is 26.7 Å². The molecule has 0 aliphatic rings. The second-order valence-electron chi connectivity index (χ2n) is 5.14. The Balaban J connectivity index is 0.00000288. The molecule has 0 saturated carbocycles. The summed E-state index contributed by atoms with van der Waals surface area (Å²) in [6, 6.07) is 8.35. The molecule has 1 unspecified atom stereocenters. The number of likely N-dealkylation sites (N-methyl/N-ethyl adjacent to an activating group) is 1. The lowest BCUT2D eigenvalue weighted by Crippen LogP contribution is -2.42. The molecule has 0 fully saturated rings. The van der Waals surface area contributed by atoms with Crippen LogP contribution in [0.3, 0.4) is 0 Å². The van der Waals surface area contributed by atoms with E-state index in [-0.39, 0.29) is 30.0 Å². The van der Waals surface area contributed by atoms with Gasteiger partial charge in [-0.2, -0.15) is 0 Å². The Kier molecular flexibility index (Phi) is 10.0. The summed E-state index contributed by atoms with van der Waals surface area (Å²) in [6.45, 7) is 7.83. The molecule has 0 aliphatic heterocycles. The van der Waals surface area contributed by atoms with Crippen molar-refractivity contribution in [3.05, 3.63) is 46.5 Å². The van der Waals surface area contributed by atoms with Crippen molar-refractivity contribution in [3.8, 4) is 0 Å². The van der Waals surface area contributed by atoms with Gasteiger partial charge in [0.25, 0.3) is 0 Å². The number of rotatable bonds is 8. The molecule has 5 nitrogen and oxygen atoms in total. The van der Waals surface area contributed by atoms with Gasteiger partial charge in [-0.15, -0.1) is 35.3 Å². The molecular formula is C17H27IN4OS. The van der Waals surface area contributed by atoms with Gasteiger partial charge in [-0.3, -0.25) is 9.89 Å². The van der Waals surface area contributed by atoms with Gasteiger partial charge in [0.15, 0.2) is 5.96 Å². The Morgan fingerprint density at radius 3 is 2.58 bits per heavy atom. The first-order valence-corrected chi connectivity index (χ1v) is 8.90. The fraction of sp³-hybridized carbons (Fsp3) is 0.471. The number of thiophene rings is 1. The van der Waals surface area contributed by atoms with Crippen molar-refractivity contribution in [2.24, 2.45) is 4.99 Å². The molecule has 0 aliphatic carbocycles.